The van der Waals surface area contributed by atoms with Crippen molar-refractivity contribution >= 4 is 5.91 Å². The van der Waals surface area contributed by atoms with E-state index >= 15 is 0 Å². The Balaban J connectivity index is 1.30. The van der Waals surface area contributed by atoms with Gasteiger partial charge in [-0.1, -0.05) is 192 Å². The van der Waals surface area contributed by atoms with Crippen molar-refractivity contribution < 1.29 is 114 Å². The number of carbonyl (C=O) groups is 1. The molecule has 0 aliphatic carbocycles. The SMILES string of the molecule is CCCCCCCC/C=C\CCCCCCCCCCCCCC(=O)N[C@@H](CO[C@@H]1OC(CO)[C@@H](O[C@@H]2OC(CO)[C@H](O)[C@H](O[C@H]3OC(CO)[C@H](O)[C@H](O[C@H]4OC(CO)[C@H](O)[C@H](O)C4O)C3O)C2O)[C@H](O)C1O)[C@H](O)/C=C/CCCCCCCCCCCCC. The molecule has 8 unspecified atom stereocenters. The molecular weight excluding hydrogens is 1170 g/mol. The van der Waals surface area contributed by atoms with Crippen LogP contribution in [0.25, 0.3) is 0 Å². The molecule has 4 fully saturated rings. The summed E-state index contributed by atoms with van der Waals surface area (Å²) in [6.45, 7) is 0.520. The van der Waals surface area contributed by atoms with Crippen molar-refractivity contribution in [3.8, 4) is 0 Å². The van der Waals surface area contributed by atoms with Crippen molar-refractivity contribution in [2.75, 3.05) is 33.0 Å². The molecule has 4 aliphatic heterocycles. The minimum absolute atomic E-state index is 0.211. The first-order chi connectivity index (χ1) is 43.6. The summed E-state index contributed by atoms with van der Waals surface area (Å²) in [4.78, 5) is 13.4. The van der Waals surface area contributed by atoms with Gasteiger partial charge in [0.1, 0.15) is 97.7 Å². The van der Waals surface area contributed by atoms with Crippen LogP contribution in [0.2, 0.25) is 0 Å². The van der Waals surface area contributed by atoms with E-state index in [1.54, 1.807) is 6.08 Å². The Hall–Kier alpha value is -1.93. The fraction of sp³-hybridized carbons (Fsp3) is 0.924. The van der Waals surface area contributed by atoms with Crippen LogP contribution in [0.4, 0.5) is 0 Å². The normalized spacial score (nSPS) is 33.3. The molecular formula is C66H121NO23. The number of amides is 1. The molecule has 90 heavy (non-hydrogen) atoms. The highest BCUT2D eigenvalue weighted by Crippen LogP contribution is 2.35. The van der Waals surface area contributed by atoms with E-state index in [-0.39, 0.29) is 12.3 Å². The lowest BCUT2D eigenvalue weighted by molar-refractivity contribution is -0.390. The molecule has 4 rings (SSSR count). The number of nitrogens with one attached hydrogen (secondary N) is 1. The molecule has 0 saturated carbocycles. The maximum atomic E-state index is 13.4. The lowest BCUT2D eigenvalue weighted by Gasteiger charge is -2.49. The van der Waals surface area contributed by atoms with Crippen LogP contribution in [0.3, 0.4) is 0 Å². The van der Waals surface area contributed by atoms with Crippen LogP contribution in [-0.2, 0) is 42.7 Å². The lowest BCUT2D eigenvalue weighted by Crippen LogP contribution is -2.67. The molecule has 4 heterocycles. The second-order valence-corrected chi connectivity index (χ2v) is 25.3. The van der Waals surface area contributed by atoms with Crippen LogP contribution in [0, 0.1) is 0 Å². The molecule has 0 radical (unpaired) electrons. The van der Waals surface area contributed by atoms with Gasteiger partial charge in [-0.25, -0.2) is 0 Å². The van der Waals surface area contributed by atoms with Crippen molar-refractivity contribution in [1.29, 1.82) is 0 Å². The maximum absolute atomic E-state index is 13.4. The van der Waals surface area contributed by atoms with Gasteiger partial charge in [-0.05, 0) is 44.9 Å². The van der Waals surface area contributed by atoms with Gasteiger partial charge in [-0.3, -0.25) is 4.79 Å². The monoisotopic (exact) mass is 1300 g/mol. The number of aliphatic hydroxyl groups is 14. The molecule has 0 aromatic heterocycles. The second kappa shape index (κ2) is 47.1. The van der Waals surface area contributed by atoms with Gasteiger partial charge in [-0.2, -0.15) is 0 Å². The number of carbonyl (C=O) groups excluding carboxylic acids is 1. The smallest absolute Gasteiger partial charge is 0.220 e. The summed E-state index contributed by atoms with van der Waals surface area (Å²) in [6, 6.07) is -1.02. The summed E-state index contributed by atoms with van der Waals surface area (Å²) < 4.78 is 45.9. The zero-order chi connectivity index (χ0) is 65.6. The molecule has 1 amide bonds. The second-order valence-electron chi connectivity index (χ2n) is 25.3. The fourth-order valence-corrected chi connectivity index (χ4v) is 12.1. The predicted octanol–water partition coefficient (Wildman–Crippen LogP) is 3.76. The van der Waals surface area contributed by atoms with Gasteiger partial charge in [-0.15, -0.1) is 0 Å². The van der Waals surface area contributed by atoms with E-state index in [1.807, 2.05) is 6.08 Å². The maximum Gasteiger partial charge on any atom is 0.220 e. The summed E-state index contributed by atoms with van der Waals surface area (Å²) in [6.07, 6.45) is 7.01. The van der Waals surface area contributed by atoms with Gasteiger partial charge in [0.15, 0.2) is 25.2 Å². The van der Waals surface area contributed by atoms with Crippen molar-refractivity contribution in [2.45, 2.75) is 354 Å². The van der Waals surface area contributed by atoms with E-state index in [2.05, 4.69) is 31.3 Å². The Bertz CT molecular complexity index is 1860. The van der Waals surface area contributed by atoms with E-state index in [0.29, 0.717) is 12.8 Å². The van der Waals surface area contributed by atoms with E-state index in [0.717, 1.165) is 44.9 Å². The van der Waals surface area contributed by atoms with Crippen molar-refractivity contribution in [2.24, 2.45) is 0 Å². The number of aliphatic hydroxyl groups excluding tert-OH is 14. The molecule has 0 bridgehead atoms. The molecule has 4 aliphatic rings. The van der Waals surface area contributed by atoms with Crippen LogP contribution >= 0.6 is 0 Å². The van der Waals surface area contributed by atoms with Crippen molar-refractivity contribution in [1.82, 2.24) is 5.32 Å². The first-order valence-electron chi connectivity index (χ1n) is 34.6. The zero-order valence-electron chi connectivity index (χ0n) is 54.1. The van der Waals surface area contributed by atoms with E-state index in [1.165, 1.54) is 141 Å². The van der Waals surface area contributed by atoms with Gasteiger partial charge >= 0.3 is 0 Å². The molecule has 22 atom stereocenters. The third-order valence-electron chi connectivity index (χ3n) is 17.9. The standard InChI is InChI=1S/C66H121NO23/c1-3-5-7-9-11-13-15-17-18-19-20-21-22-23-24-26-28-30-32-34-36-38-50(73)67-44(45(72)37-35-33-31-29-27-25-16-14-12-10-8-6-4-2)43-83-63-57(80)55(78)60(49(42-71)87-63)88-65-58(81)62(53(76)47(40-69)85-65)90-66-59(82)61(52(75)48(41-70)86-66)89-64-56(79)54(77)51(74)46(39-68)84-64/h17-18,35,37,44-49,51-66,68-72,74-82H,3-16,19-34,36,38-43H2,1-2H3,(H,67,73)/b18-17-,37-35+/t44-,45+,46?,47?,48?,49?,51-,52-,53-,54-,55+,56?,57?,58?,59?,60+,61-,62-,63+,64+,65-,66+/m0/s1. The summed E-state index contributed by atoms with van der Waals surface area (Å²) in [5.41, 5.74) is 0. The highest BCUT2D eigenvalue weighted by Gasteiger charge is 2.56. The number of ether oxygens (including phenoxy) is 8. The zero-order valence-corrected chi connectivity index (χ0v) is 54.1. The largest absolute Gasteiger partial charge is 0.394 e. The Labute approximate surface area is 535 Å². The molecule has 0 aromatic rings. The van der Waals surface area contributed by atoms with Gasteiger partial charge in [0.2, 0.25) is 5.91 Å². The summed E-state index contributed by atoms with van der Waals surface area (Å²) in [5, 5.41) is 154. The summed E-state index contributed by atoms with van der Waals surface area (Å²) >= 11 is 0. The first kappa shape index (κ1) is 80.5. The third-order valence-corrected chi connectivity index (χ3v) is 17.9. The van der Waals surface area contributed by atoms with Crippen molar-refractivity contribution in [3.05, 3.63) is 24.3 Å². The fourth-order valence-electron chi connectivity index (χ4n) is 12.1. The summed E-state index contributed by atoms with van der Waals surface area (Å²) in [5.74, 6) is -0.308. The molecule has 528 valence electrons. The van der Waals surface area contributed by atoms with Crippen LogP contribution in [0.1, 0.15) is 219 Å². The quantitative estimate of drug-likeness (QED) is 0.0304. The van der Waals surface area contributed by atoms with Crippen LogP contribution in [-0.4, -0.2) is 245 Å². The highest BCUT2D eigenvalue weighted by atomic mass is 16.8. The van der Waals surface area contributed by atoms with E-state index in [4.69, 9.17) is 37.9 Å². The lowest BCUT2D eigenvalue weighted by atomic mass is 9.95. The van der Waals surface area contributed by atoms with Crippen LogP contribution in [0.15, 0.2) is 24.3 Å². The molecule has 4 saturated heterocycles. The van der Waals surface area contributed by atoms with Gasteiger partial charge < -0.3 is 115 Å². The average Bonchev–Trinajstić information content (AvgIpc) is 0.815. The molecule has 0 aromatic carbocycles. The van der Waals surface area contributed by atoms with Gasteiger partial charge in [0.25, 0.3) is 0 Å². The third kappa shape index (κ3) is 28.0. The minimum atomic E-state index is -2.10. The van der Waals surface area contributed by atoms with Gasteiger partial charge in [0, 0.05) is 6.42 Å². The van der Waals surface area contributed by atoms with Crippen molar-refractivity contribution in [3.63, 3.8) is 0 Å². The molecule has 15 N–H and O–H groups in total. The summed E-state index contributed by atoms with van der Waals surface area (Å²) in [7, 11) is 0. The topological polar surface area (TPSA) is 386 Å². The van der Waals surface area contributed by atoms with E-state index in [9.17, 15) is 76.3 Å². The Morgan fingerprint density at radius 2 is 0.733 bits per heavy atom. The highest BCUT2D eigenvalue weighted by molar-refractivity contribution is 5.76. The number of rotatable bonds is 49. The molecule has 0 spiro atoms. The van der Waals surface area contributed by atoms with Crippen LogP contribution in [0.5, 0.6) is 0 Å². The first-order valence-corrected chi connectivity index (χ1v) is 34.6. The Morgan fingerprint density at radius 1 is 0.389 bits per heavy atom. The van der Waals surface area contributed by atoms with Gasteiger partial charge in [0.05, 0.1) is 45.2 Å². The number of hydrogen-bond donors (Lipinski definition) is 15. The molecule has 24 heteroatoms. The molecule has 24 nitrogen and oxygen atoms in total. The number of allylic oxidation sites excluding steroid dienone is 3. The average molecular weight is 1300 g/mol. The number of unbranched alkanes of at least 4 members (excludes halogenated alkanes) is 28. The van der Waals surface area contributed by atoms with E-state index < -0.39 is 168 Å². The Kier molecular flexibility index (Phi) is 42.1. The number of hydrogen-bond acceptors (Lipinski definition) is 23. The van der Waals surface area contributed by atoms with Crippen LogP contribution < -0.4 is 5.32 Å². The predicted molar refractivity (Wildman–Crippen MR) is 333 cm³/mol. The Morgan fingerprint density at radius 3 is 1.16 bits per heavy atom. The minimum Gasteiger partial charge on any atom is -0.394 e.